The zero-order chi connectivity index (χ0) is 8.60. The molecule has 0 radical (unpaired) electrons. The van der Waals surface area contributed by atoms with Gasteiger partial charge in [-0.1, -0.05) is 11.6 Å². The molecule has 0 heterocycles. The Morgan fingerprint density at radius 2 is 1.75 bits per heavy atom. The third-order valence-electron chi connectivity index (χ3n) is 2.72. The van der Waals surface area contributed by atoms with Crippen LogP contribution in [0.2, 0.25) is 0 Å². The van der Waals surface area contributed by atoms with Crippen LogP contribution in [0.15, 0.2) is 11.6 Å². The van der Waals surface area contributed by atoms with Gasteiger partial charge in [0.05, 0.1) is 0 Å². The fourth-order valence-electron chi connectivity index (χ4n) is 1.70. The average molecular weight is 172 g/mol. The molecule has 2 aliphatic carbocycles. The summed E-state index contributed by atoms with van der Waals surface area (Å²) in [6.45, 7) is 0. The summed E-state index contributed by atoms with van der Waals surface area (Å²) in [5, 5.41) is 0. The van der Waals surface area contributed by atoms with E-state index in [1.807, 2.05) is 0 Å². The summed E-state index contributed by atoms with van der Waals surface area (Å²) in [5.41, 5.74) is 1.28. The van der Waals surface area contributed by atoms with Crippen LogP contribution in [-0.2, 0) is 0 Å². The van der Waals surface area contributed by atoms with Crippen molar-refractivity contribution in [2.45, 2.75) is 44.4 Å². The minimum absolute atomic E-state index is 0.0750. The molecule has 2 rings (SSSR count). The molecule has 2 aliphatic rings. The van der Waals surface area contributed by atoms with Crippen molar-refractivity contribution in [3.63, 3.8) is 0 Å². The smallest absolute Gasteiger partial charge is 0.207 e. The molecule has 2 saturated carbocycles. The third-order valence-corrected chi connectivity index (χ3v) is 2.72. The molecule has 0 atom stereocenters. The fraction of sp³-hybridized carbons (Fsp3) is 0.800. The highest BCUT2D eigenvalue weighted by Crippen LogP contribution is 2.39. The minimum Gasteiger partial charge on any atom is -0.207 e. The summed E-state index contributed by atoms with van der Waals surface area (Å²) >= 11 is 0. The van der Waals surface area contributed by atoms with E-state index < -0.39 is 5.92 Å². The first-order chi connectivity index (χ1) is 5.66. The molecule has 2 heteroatoms. The Kier molecular flexibility index (Phi) is 1.93. The lowest BCUT2D eigenvalue weighted by Crippen LogP contribution is -2.20. The quantitative estimate of drug-likeness (QED) is 0.531. The van der Waals surface area contributed by atoms with Crippen molar-refractivity contribution in [1.82, 2.24) is 0 Å². The van der Waals surface area contributed by atoms with Crippen LogP contribution in [0.5, 0.6) is 0 Å². The molecular formula is C10H14F2. The molecule has 0 spiro atoms. The van der Waals surface area contributed by atoms with Crippen LogP contribution in [0.4, 0.5) is 8.78 Å². The molecule has 0 aliphatic heterocycles. The van der Waals surface area contributed by atoms with E-state index in [9.17, 15) is 8.78 Å². The van der Waals surface area contributed by atoms with Gasteiger partial charge in [0, 0.05) is 12.8 Å². The number of hydrogen-bond acceptors (Lipinski definition) is 0. The van der Waals surface area contributed by atoms with Gasteiger partial charge < -0.3 is 0 Å². The minimum atomic E-state index is -2.37. The van der Waals surface area contributed by atoms with E-state index in [2.05, 4.69) is 6.08 Å². The van der Waals surface area contributed by atoms with Gasteiger partial charge in [0.15, 0.2) is 0 Å². The molecule has 0 saturated heterocycles. The molecule has 0 aromatic heterocycles. The van der Waals surface area contributed by atoms with Crippen LogP contribution >= 0.6 is 0 Å². The van der Waals surface area contributed by atoms with Crippen molar-refractivity contribution >= 4 is 0 Å². The van der Waals surface area contributed by atoms with Crippen LogP contribution in [0.3, 0.4) is 0 Å². The monoisotopic (exact) mass is 172 g/mol. The summed E-state index contributed by atoms with van der Waals surface area (Å²) in [4.78, 5) is 0. The predicted octanol–water partition coefficient (Wildman–Crippen LogP) is 3.53. The molecule has 68 valence electrons. The Hall–Kier alpha value is -0.400. The van der Waals surface area contributed by atoms with Crippen molar-refractivity contribution in [2.75, 3.05) is 0 Å². The van der Waals surface area contributed by atoms with Crippen molar-refractivity contribution in [2.24, 2.45) is 5.92 Å². The molecule has 0 aromatic carbocycles. The molecule has 0 unspecified atom stereocenters. The van der Waals surface area contributed by atoms with E-state index in [1.54, 1.807) is 0 Å². The number of alkyl halides is 2. The van der Waals surface area contributed by atoms with Crippen LogP contribution in [0.25, 0.3) is 0 Å². The lowest BCUT2D eigenvalue weighted by Gasteiger charge is -2.23. The molecule has 2 fully saturated rings. The number of allylic oxidation sites excluding steroid dienone is 2. The van der Waals surface area contributed by atoms with Crippen LogP contribution in [0, 0.1) is 5.92 Å². The third kappa shape index (κ3) is 2.05. The van der Waals surface area contributed by atoms with Crippen molar-refractivity contribution in [1.29, 1.82) is 0 Å². The first kappa shape index (κ1) is 8.21. The van der Waals surface area contributed by atoms with Gasteiger partial charge in [0.1, 0.15) is 0 Å². The second-order valence-corrected chi connectivity index (χ2v) is 4.02. The van der Waals surface area contributed by atoms with E-state index in [0.717, 1.165) is 5.92 Å². The molecule has 0 nitrogen and oxygen atoms in total. The van der Waals surface area contributed by atoms with Crippen LogP contribution in [-0.4, -0.2) is 5.92 Å². The van der Waals surface area contributed by atoms with E-state index >= 15 is 0 Å². The topological polar surface area (TPSA) is 0 Å². The second kappa shape index (κ2) is 2.82. The van der Waals surface area contributed by atoms with Gasteiger partial charge in [-0.15, -0.1) is 0 Å². The summed E-state index contributed by atoms with van der Waals surface area (Å²) in [7, 11) is 0. The highest BCUT2D eigenvalue weighted by atomic mass is 19.3. The van der Waals surface area contributed by atoms with E-state index in [-0.39, 0.29) is 12.8 Å². The highest BCUT2D eigenvalue weighted by Gasteiger charge is 2.33. The zero-order valence-corrected chi connectivity index (χ0v) is 7.15. The maximum Gasteiger partial charge on any atom is 0.248 e. The SMILES string of the molecule is FC1(F)CCC(=CC2CC2)CC1. The zero-order valence-electron chi connectivity index (χ0n) is 7.15. The number of hydrogen-bond donors (Lipinski definition) is 0. The summed E-state index contributed by atoms with van der Waals surface area (Å²) in [6.07, 6.45) is 6.19. The lowest BCUT2D eigenvalue weighted by atomic mass is 9.91. The molecule has 0 bridgehead atoms. The fourth-order valence-corrected chi connectivity index (χ4v) is 1.70. The van der Waals surface area contributed by atoms with Crippen molar-refractivity contribution in [3.8, 4) is 0 Å². The molecule has 0 amide bonds. The Bertz CT molecular complexity index is 190. The Morgan fingerprint density at radius 1 is 1.17 bits per heavy atom. The standard InChI is InChI=1S/C10H14F2/c11-10(12)5-3-9(4-6-10)7-8-1-2-8/h7-8H,1-6H2. The number of halogens is 2. The Balaban J connectivity index is 1.89. The van der Waals surface area contributed by atoms with Crippen molar-refractivity contribution in [3.05, 3.63) is 11.6 Å². The molecular weight excluding hydrogens is 158 g/mol. The first-order valence-electron chi connectivity index (χ1n) is 4.73. The maximum absolute atomic E-state index is 12.7. The lowest BCUT2D eigenvalue weighted by molar-refractivity contribution is -0.0246. The van der Waals surface area contributed by atoms with Gasteiger partial charge in [-0.05, 0) is 31.6 Å². The van der Waals surface area contributed by atoms with Gasteiger partial charge in [-0.3, -0.25) is 0 Å². The van der Waals surface area contributed by atoms with E-state index in [4.69, 9.17) is 0 Å². The maximum atomic E-state index is 12.7. The first-order valence-corrected chi connectivity index (χ1v) is 4.73. The van der Waals surface area contributed by atoms with Gasteiger partial charge in [-0.2, -0.15) is 0 Å². The van der Waals surface area contributed by atoms with Crippen molar-refractivity contribution < 1.29 is 8.78 Å². The largest absolute Gasteiger partial charge is 0.248 e. The normalized spacial score (nSPS) is 28.7. The Morgan fingerprint density at radius 3 is 2.25 bits per heavy atom. The van der Waals surface area contributed by atoms with Gasteiger partial charge in [0.25, 0.3) is 0 Å². The number of rotatable bonds is 1. The average Bonchev–Trinajstić information content (AvgIpc) is 2.77. The molecule has 0 N–H and O–H groups in total. The van der Waals surface area contributed by atoms with E-state index in [1.165, 1.54) is 18.4 Å². The highest BCUT2D eigenvalue weighted by molar-refractivity contribution is 5.11. The summed E-state index contributed by atoms with van der Waals surface area (Å²) in [5.74, 6) is -1.63. The summed E-state index contributed by atoms with van der Waals surface area (Å²) in [6, 6.07) is 0. The van der Waals surface area contributed by atoms with Gasteiger partial charge >= 0.3 is 0 Å². The molecule has 12 heavy (non-hydrogen) atoms. The van der Waals surface area contributed by atoms with E-state index in [0.29, 0.717) is 12.8 Å². The summed E-state index contributed by atoms with van der Waals surface area (Å²) < 4.78 is 25.4. The second-order valence-electron chi connectivity index (χ2n) is 4.02. The van der Waals surface area contributed by atoms with Crippen LogP contribution in [0.1, 0.15) is 38.5 Å². The Labute approximate surface area is 71.7 Å². The molecule has 0 aromatic rings. The van der Waals surface area contributed by atoms with Gasteiger partial charge in [-0.25, -0.2) is 8.78 Å². The van der Waals surface area contributed by atoms with Gasteiger partial charge in [0.2, 0.25) is 5.92 Å². The van der Waals surface area contributed by atoms with Crippen LogP contribution < -0.4 is 0 Å². The predicted molar refractivity (Wildman–Crippen MR) is 44.2 cm³/mol.